The zero-order valence-corrected chi connectivity index (χ0v) is 7.61. The van der Waals surface area contributed by atoms with Gasteiger partial charge < -0.3 is 10.9 Å². The molecule has 0 unspecified atom stereocenters. The first kappa shape index (κ1) is 11.4. The first-order chi connectivity index (χ1) is 5.83. The van der Waals surface area contributed by atoms with Gasteiger partial charge in [0.05, 0.1) is 0 Å². The predicted octanol–water partition coefficient (Wildman–Crippen LogP) is 1.26. The Labute approximate surface area is 82.2 Å². The normalized spacial score (nSPS) is 11.2. The molecule has 1 heterocycles. The summed E-state index contributed by atoms with van der Waals surface area (Å²) >= 11 is 0. The Kier molecular flexibility index (Phi) is 5.30. The highest BCUT2D eigenvalue weighted by Crippen LogP contribution is 1.97. The zero-order valence-electron chi connectivity index (χ0n) is 6.79. The minimum Gasteiger partial charge on any atom is -0.409 e. The molecule has 0 aliphatic rings. The Balaban J connectivity index is 0.00000144. The fourth-order valence-electron chi connectivity index (χ4n) is 0.689. The Bertz CT molecular complexity index is 298. The summed E-state index contributed by atoms with van der Waals surface area (Å²) in [4.78, 5) is 3.89. The number of nitrogens with two attached hydrogens (primary N) is 1. The average molecular weight is 200 g/mol. The van der Waals surface area contributed by atoms with Gasteiger partial charge in [-0.15, -0.1) is 12.4 Å². The fraction of sp³-hybridized carbons (Fsp3) is 0. The standard InChI is InChI=1S/C8H9N3O.ClH/c9-8(11-12)4-3-7-2-1-5-10-6-7;/h1-6,12H,(H2,9,11);1H. The lowest BCUT2D eigenvalue weighted by Crippen LogP contribution is -2.06. The van der Waals surface area contributed by atoms with Gasteiger partial charge in [0.1, 0.15) is 0 Å². The zero-order chi connectivity index (χ0) is 8.81. The molecule has 4 nitrogen and oxygen atoms in total. The number of hydrogen-bond donors (Lipinski definition) is 2. The molecule has 1 rings (SSSR count). The van der Waals surface area contributed by atoms with E-state index in [1.165, 1.54) is 6.08 Å². The van der Waals surface area contributed by atoms with Crippen LogP contribution in [0.5, 0.6) is 0 Å². The van der Waals surface area contributed by atoms with E-state index in [9.17, 15) is 0 Å². The van der Waals surface area contributed by atoms with Gasteiger partial charge in [-0.05, 0) is 23.8 Å². The number of pyridine rings is 1. The summed E-state index contributed by atoms with van der Waals surface area (Å²) in [5, 5.41) is 11.0. The molecule has 0 aliphatic carbocycles. The van der Waals surface area contributed by atoms with Gasteiger partial charge >= 0.3 is 0 Å². The summed E-state index contributed by atoms with van der Waals surface area (Å²) in [5.74, 6) is 0.0684. The maximum atomic E-state index is 8.21. The van der Waals surface area contributed by atoms with E-state index in [0.717, 1.165) is 5.56 Å². The van der Waals surface area contributed by atoms with Gasteiger partial charge in [0.25, 0.3) is 0 Å². The fourth-order valence-corrected chi connectivity index (χ4v) is 0.689. The van der Waals surface area contributed by atoms with Crippen molar-refractivity contribution in [3.8, 4) is 0 Å². The maximum Gasteiger partial charge on any atom is 0.162 e. The van der Waals surface area contributed by atoms with Crippen molar-refractivity contribution >= 4 is 24.3 Å². The maximum absolute atomic E-state index is 8.21. The lowest BCUT2D eigenvalue weighted by atomic mass is 10.2. The minimum absolute atomic E-state index is 0. The van der Waals surface area contributed by atoms with E-state index < -0.39 is 0 Å². The van der Waals surface area contributed by atoms with Gasteiger partial charge in [0.15, 0.2) is 5.84 Å². The number of oxime groups is 1. The highest BCUT2D eigenvalue weighted by molar-refractivity contribution is 5.94. The van der Waals surface area contributed by atoms with Crippen molar-refractivity contribution in [1.82, 2.24) is 4.98 Å². The molecular formula is C8H10ClN3O. The van der Waals surface area contributed by atoms with Gasteiger partial charge in [0, 0.05) is 12.4 Å². The van der Waals surface area contributed by atoms with Gasteiger partial charge in [0.2, 0.25) is 0 Å². The lowest BCUT2D eigenvalue weighted by Gasteiger charge is -1.89. The van der Waals surface area contributed by atoms with E-state index in [-0.39, 0.29) is 18.2 Å². The van der Waals surface area contributed by atoms with Gasteiger partial charge in [-0.1, -0.05) is 11.2 Å². The molecule has 1 aromatic rings. The van der Waals surface area contributed by atoms with Crippen molar-refractivity contribution in [2.24, 2.45) is 10.9 Å². The van der Waals surface area contributed by atoms with Crippen molar-refractivity contribution in [3.05, 3.63) is 36.2 Å². The number of halogens is 1. The summed E-state index contributed by atoms with van der Waals surface area (Å²) < 4.78 is 0. The van der Waals surface area contributed by atoms with Crippen molar-refractivity contribution in [1.29, 1.82) is 0 Å². The number of nitrogens with zero attached hydrogens (tertiary/aromatic N) is 2. The van der Waals surface area contributed by atoms with Crippen LogP contribution in [-0.4, -0.2) is 16.0 Å². The van der Waals surface area contributed by atoms with Crippen LogP contribution in [0.2, 0.25) is 0 Å². The number of amidine groups is 1. The molecule has 0 fully saturated rings. The first-order valence-electron chi connectivity index (χ1n) is 3.38. The molecule has 0 spiro atoms. The summed E-state index contributed by atoms with van der Waals surface area (Å²) in [6.45, 7) is 0. The van der Waals surface area contributed by atoms with Gasteiger partial charge in [-0.3, -0.25) is 4.98 Å². The molecule has 1 aromatic heterocycles. The topological polar surface area (TPSA) is 71.5 Å². The van der Waals surface area contributed by atoms with Gasteiger partial charge in [-0.2, -0.15) is 0 Å². The van der Waals surface area contributed by atoms with Crippen molar-refractivity contribution in [3.63, 3.8) is 0 Å². The molecule has 0 aromatic carbocycles. The molecule has 13 heavy (non-hydrogen) atoms. The summed E-state index contributed by atoms with van der Waals surface area (Å²) in [7, 11) is 0. The van der Waals surface area contributed by atoms with E-state index in [1.807, 2.05) is 12.1 Å². The molecule has 0 amide bonds. The molecule has 0 saturated heterocycles. The van der Waals surface area contributed by atoms with Crippen LogP contribution in [0.4, 0.5) is 0 Å². The smallest absolute Gasteiger partial charge is 0.162 e. The summed E-state index contributed by atoms with van der Waals surface area (Å²) in [5.41, 5.74) is 6.12. The molecule has 5 heteroatoms. The van der Waals surface area contributed by atoms with Crippen molar-refractivity contribution in [2.75, 3.05) is 0 Å². The minimum atomic E-state index is 0. The third-order valence-corrected chi connectivity index (χ3v) is 1.25. The Morgan fingerprint density at radius 1 is 1.62 bits per heavy atom. The van der Waals surface area contributed by atoms with E-state index in [2.05, 4.69) is 10.1 Å². The molecular weight excluding hydrogens is 190 g/mol. The van der Waals surface area contributed by atoms with Crippen LogP contribution in [-0.2, 0) is 0 Å². The van der Waals surface area contributed by atoms with Crippen molar-refractivity contribution < 1.29 is 5.21 Å². The molecule has 0 atom stereocenters. The second-order valence-corrected chi connectivity index (χ2v) is 2.14. The van der Waals surface area contributed by atoms with E-state index in [1.54, 1.807) is 18.5 Å². The highest BCUT2D eigenvalue weighted by Gasteiger charge is 1.85. The quantitative estimate of drug-likeness (QED) is 0.326. The van der Waals surface area contributed by atoms with E-state index in [4.69, 9.17) is 10.9 Å². The predicted molar refractivity (Wildman–Crippen MR) is 53.9 cm³/mol. The SMILES string of the molecule is Cl.NC(C=Cc1cccnc1)=NO. The molecule has 3 N–H and O–H groups in total. The molecule has 0 bridgehead atoms. The van der Waals surface area contributed by atoms with Crippen LogP contribution in [0.3, 0.4) is 0 Å². The van der Waals surface area contributed by atoms with Gasteiger partial charge in [-0.25, -0.2) is 0 Å². The lowest BCUT2D eigenvalue weighted by molar-refractivity contribution is 0.319. The summed E-state index contributed by atoms with van der Waals surface area (Å²) in [6.07, 6.45) is 6.57. The second kappa shape index (κ2) is 6.02. The Morgan fingerprint density at radius 2 is 2.38 bits per heavy atom. The van der Waals surface area contributed by atoms with Crippen LogP contribution in [0.1, 0.15) is 5.56 Å². The average Bonchev–Trinajstić information content (AvgIpc) is 2.16. The molecule has 0 radical (unpaired) electrons. The summed E-state index contributed by atoms with van der Waals surface area (Å²) in [6, 6.07) is 3.68. The number of hydrogen-bond acceptors (Lipinski definition) is 3. The Morgan fingerprint density at radius 3 is 2.92 bits per heavy atom. The first-order valence-corrected chi connectivity index (χ1v) is 3.38. The van der Waals surface area contributed by atoms with Crippen molar-refractivity contribution in [2.45, 2.75) is 0 Å². The van der Waals surface area contributed by atoms with E-state index in [0.29, 0.717) is 0 Å². The Hall–Kier alpha value is -1.55. The highest BCUT2D eigenvalue weighted by atomic mass is 35.5. The number of rotatable bonds is 2. The van der Waals surface area contributed by atoms with Crippen LogP contribution in [0.25, 0.3) is 6.08 Å². The second-order valence-electron chi connectivity index (χ2n) is 2.14. The molecule has 70 valence electrons. The van der Waals surface area contributed by atoms with Crippen LogP contribution >= 0.6 is 12.4 Å². The third-order valence-electron chi connectivity index (χ3n) is 1.25. The molecule has 0 aliphatic heterocycles. The van der Waals surface area contributed by atoms with E-state index >= 15 is 0 Å². The third kappa shape index (κ3) is 4.12. The number of aromatic nitrogens is 1. The molecule has 0 saturated carbocycles. The van der Waals surface area contributed by atoms with Crippen LogP contribution in [0, 0.1) is 0 Å². The van der Waals surface area contributed by atoms with Crippen LogP contribution < -0.4 is 5.73 Å². The largest absolute Gasteiger partial charge is 0.409 e. The monoisotopic (exact) mass is 199 g/mol. The van der Waals surface area contributed by atoms with Crippen LogP contribution in [0.15, 0.2) is 35.8 Å².